The standard InChI is InChI=1S/C27H34ClN7O2/c1-32-11-4-5-14-37-22-9-6-7-19(28)26(22)27(36)34-12-3-2-8-21(34)20-15-24-30-23(16-25(32)35(24)31-20)33-13-10-18(29)17-33/h6-7,9,15-16,18,21H,2-5,8,10-14,17,29H2,1H3. The molecule has 2 atom stereocenters. The lowest BCUT2D eigenvalue weighted by Gasteiger charge is -2.35. The van der Waals surface area contributed by atoms with Gasteiger partial charge >= 0.3 is 0 Å². The average Bonchev–Trinajstić information content (AvgIpc) is 3.53. The van der Waals surface area contributed by atoms with Crippen LogP contribution in [0.4, 0.5) is 11.6 Å². The van der Waals surface area contributed by atoms with Crippen molar-refractivity contribution in [2.45, 2.75) is 50.6 Å². The van der Waals surface area contributed by atoms with Crippen LogP contribution >= 0.6 is 11.6 Å². The van der Waals surface area contributed by atoms with Crippen LogP contribution in [-0.4, -0.2) is 71.3 Å². The van der Waals surface area contributed by atoms with Crippen molar-refractivity contribution in [2.24, 2.45) is 5.73 Å². The molecule has 2 aromatic heterocycles. The van der Waals surface area contributed by atoms with Gasteiger partial charge in [0.1, 0.15) is 22.9 Å². The summed E-state index contributed by atoms with van der Waals surface area (Å²) >= 11 is 6.58. The molecule has 2 N–H and O–H groups in total. The van der Waals surface area contributed by atoms with E-state index in [2.05, 4.69) is 22.9 Å². The van der Waals surface area contributed by atoms with E-state index in [4.69, 9.17) is 32.2 Å². The van der Waals surface area contributed by atoms with Crippen molar-refractivity contribution in [1.29, 1.82) is 0 Å². The molecule has 2 saturated heterocycles. The number of fused-ring (bicyclic) bond motifs is 4. The van der Waals surface area contributed by atoms with Crippen LogP contribution in [0.2, 0.25) is 5.02 Å². The molecule has 1 aromatic carbocycles. The number of ether oxygens (including phenoxy) is 1. The topological polar surface area (TPSA) is 92.2 Å². The number of carbonyl (C=O) groups excluding carboxylic acids is 1. The Hall–Kier alpha value is -3.04. The van der Waals surface area contributed by atoms with Crippen molar-refractivity contribution >= 4 is 34.8 Å². The number of rotatable bonds is 1. The molecule has 0 radical (unpaired) electrons. The molecule has 2 fully saturated rings. The second kappa shape index (κ2) is 10.0. The van der Waals surface area contributed by atoms with Gasteiger partial charge in [0.15, 0.2) is 5.65 Å². The van der Waals surface area contributed by atoms with Crippen molar-refractivity contribution < 1.29 is 9.53 Å². The van der Waals surface area contributed by atoms with E-state index >= 15 is 0 Å². The van der Waals surface area contributed by atoms with Crippen LogP contribution in [0.3, 0.4) is 0 Å². The average molecular weight is 524 g/mol. The Morgan fingerprint density at radius 2 is 1.95 bits per heavy atom. The zero-order chi connectivity index (χ0) is 25.5. The first-order valence-corrected chi connectivity index (χ1v) is 13.7. The van der Waals surface area contributed by atoms with Gasteiger partial charge in [-0.15, -0.1) is 0 Å². The van der Waals surface area contributed by atoms with E-state index in [1.54, 1.807) is 6.07 Å². The Morgan fingerprint density at radius 1 is 1.08 bits per heavy atom. The minimum Gasteiger partial charge on any atom is -0.493 e. The Bertz CT molecular complexity index is 1310. The van der Waals surface area contributed by atoms with Crippen LogP contribution in [0.1, 0.15) is 60.6 Å². The summed E-state index contributed by atoms with van der Waals surface area (Å²) in [6.07, 6.45) is 5.56. The van der Waals surface area contributed by atoms with E-state index < -0.39 is 0 Å². The fourth-order valence-electron chi connectivity index (χ4n) is 5.76. The monoisotopic (exact) mass is 523 g/mol. The summed E-state index contributed by atoms with van der Waals surface area (Å²) in [6.45, 7) is 3.71. The summed E-state index contributed by atoms with van der Waals surface area (Å²) in [5.74, 6) is 2.36. The number of nitrogens with two attached hydrogens (primary N) is 1. The van der Waals surface area contributed by atoms with Gasteiger partial charge < -0.3 is 25.2 Å². The van der Waals surface area contributed by atoms with E-state index in [0.717, 1.165) is 81.1 Å². The molecule has 37 heavy (non-hydrogen) atoms. The van der Waals surface area contributed by atoms with Gasteiger partial charge in [-0.25, -0.2) is 4.98 Å². The normalized spacial score (nSPS) is 23.0. The largest absolute Gasteiger partial charge is 0.493 e. The lowest BCUT2D eigenvalue weighted by Crippen LogP contribution is -2.39. The molecule has 3 aliphatic heterocycles. The van der Waals surface area contributed by atoms with Gasteiger partial charge in [0, 0.05) is 51.4 Å². The molecular weight excluding hydrogens is 490 g/mol. The molecule has 9 nitrogen and oxygen atoms in total. The molecule has 5 heterocycles. The SMILES string of the molecule is CN1CCCCOc2cccc(Cl)c2C(=O)N2CCCCC2c2cc3nc(N4CCC(N)C4)cc1n3n2. The maximum Gasteiger partial charge on any atom is 0.259 e. The number of hydrogen-bond donors (Lipinski definition) is 1. The molecule has 0 spiro atoms. The van der Waals surface area contributed by atoms with E-state index in [1.165, 1.54) is 0 Å². The predicted molar refractivity (Wildman–Crippen MR) is 145 cm³/mol. The van der Waals surface area contributed by atoms with Gasteiger partial charge in [-0.1, -0.05) is 17.7 Å². The smallest absolute Gasteiger partial charge is 0.259 e. The summed E-state index contributed by atoms with van der Waals surface area (Å²) in [4.78, 5) is 25.4. The second-order valence-corrected chi connectivity index (χ2v) is 10.8. The minimum atomic E-state index is -0.154. The van der Waals surface area contributed by atoms with Crippen molar-refractivity contribution in [3.8, 4) is 5.75 Å². The zero-order valence-electron chi connectivity index (χ0n) is 21.3. The molecular formula is C27H34ClN7O2. The van der Waals surface area contributed by atoms with Crippen molar-refractivity contribution in [3.63, 3.8) is 0 Å². The van der Waals surface area contributed by atoms with Crippen LogP contribution in [0.5, 0.6) is 5.75 Å². The van der Waals surface area contributed by atoms with E-state index in [9.17, 15) is 4.79 Å². The molecule has 0 saturated carbocycles. The molecule has 10 heteroatoms. The predicted octanol–water partition coefficient (Wildman–Crippen LogP) is 3.90. The summed E-state index contributed by atoms with van der Waals surface area (Å²) < 4.78 is 8.05. The highest BCUT2D eigenvalue weighted by molar-refractivity contribution is 6.34. The summed E-state index contributed by atoms with van der Waals surface area (Å²) in [5, 5.41) is 5.47. The van der Waals surface area contributed by atoms with Gasteiger partial charge in [0.05, 0.1) is 23.4 Å². The number of anilines is 2. The molecule has 3 aliphatic rings. The van der Waals surface area contributed by atoms with Crippen molar-refractivity contribution in [2.75, 3.05) is 49.6 Å². The number of halogens is 1. The Balaban J connectivity index is 1.47. The highest BCUT2D eigenvalue weighted by Crippen LogP contribution is 2.37. The molecule has 1 amide bonds. The minimum absolute atomic E-state index is 0.103. The lowest BCUT2D eigenvalue weighted by atomic mass is 9.98. The van der Waals surface area contributed by atoms with Gasteiger partial charge in [0.2, 0.25) is 0 Å². The van der Waals surface area contributed by atoms with E-state index in [0.29, 0.717) is 29.5 Å². The first-order chi connectivity index (χ1) is 18.0. The summed E-state index contributed by atoms with van der Waals surface area (Å²) in [7, 11) is 2.10. The van der Waals surface area contributed by atoms with Gasteiger partial charge in [-0.2, -0.15) is 9.61 Å². The molecule has 0 aliphatic carbocycles. The van der Waals surface area contributed by atoms with Crippen molar-refractivity contribution in [1.82, 2.24) is 19.5 Å². The molecule has 196 valence electrons. The maximum absolute atomic E-state index is 13.9. The number of aromatic nitrogens is 3. The third kappa shape index (κ3) is 4.59. The molecule has 6 rings (SSSR count). The number of carbonyl (C=O) groups is 1. The fraction of sp³-hybridized carbons (Fsp3) is 0.519. The van der Waals surface area contributed by atoms with Crippen molar-refractivity contribution in [3.05, 3.63) is 46.6 Å². The van der Waals surface area contributed by atoms with Gasteiger partial charge in [0.25, 0.3) is 5.91 Å². The lowest BCUT2D eigenvalue weighted by molar-refractivity contribution is 0.0601. The Kier molecular flexibility index (Phi) is 6.58. The van der Waals surface area contributed by atoms with E-state index in [-0.39, 0.29) is 18.0 Å². The zero-order valence-corrected chi connectivity index (χ0v) is 22.0. The first kappa shape index (κ1) is 24.3. The van der Waals surface area contributed by atoms with E-state index in [1.807, 2.05) is 27.6 Å². The Labute approximate surface area is 222 Å². The summed E-state index contributed by atoms with van der Waals surface area (Å²) in [6, 6.07) is 9.62. The summed E-state index contributed by atoms with van der Waals surface area (Å²) in [5.41, 5.74) is 8.30. The number of hydrogen-bond acceptors (Lipinski definition) is 7. The highest BCUT2D eigenvalue weighted by atomic mass is 35.5. The first-order valence-electron chi connectivity index (χ1n) is 13.3. The third-order valence-electron chi connectivity index (χ3n) is 7.79. The number of amides is 1. The number of nitrogens with zero attached hydrogens (tertiary/aromatic N) is 6. The quantitative estimate of drug-likeness (QED) is 0.517. The highest BCUT2D eigenvalue weighted by Gasteiger charge is 2.34. The molecule has 3 aromatic rings. The van der Waals surface area contributed by atoms with Crippen LogP contribution < -0.4 is 20.3 Å². The molecule has 2 unspecified atom stereocenters. The number of piperidine rings is 1. The number of benzene rings is 1. The maximum atomic E-state index is 13.9. The van der Waals surface area contributed by atoms with Gasteiger partial charge in [-0.05, 0) is 50.7 Å². The van der Waals surface area contributed by atoms with Crippen LogP contribution in [0, 0.1) is 0 Å². The molecule has 2 bridgehead atoms. The third-order valence-corrected chi connectivity index (χ3v) is 8.11. The van der Waals surface area contributed by atoms with Gasteiger partial charge in [-0.3, -0.25) is 4.79 Å². The second-order valence-electron chi connectivity index (χ2n) is 10.4. The van der Waals surface area contributed by atoms with Crippen LogP contribution in [0.25, 0.3) is 5.65 Å². The van der Waals surface area contributed by atoms with Crippen LogP contribution in [-0.2, 0) is 0 Å². The fourth-order valence-corrected chi connectivity index (χ4v) is 6.01. The Morgan fingerprint density at radius 3 is 2.78 bits per heavy atom. The van der Waals surface area contributed by atoms with Crippen LogP contribution in [0.15, 0.2) is 30.3 Å².